The summed E-state index contributed by atoms with van der Waals surface area (Å²) in [6.07, 6.45) is 3.10. The predicted molar refractivity (Wildman–Crippen MR) is 95.8 cm³/mol. The molecule has 3 aromatic rings. The van der Waals surface area contributed by atoms with E-state index in [0.717, 1.165) is 30.6 Å². The Morgan fingerprint density at radius 1 is 1.00 bits per heavy atom. The van der Waals surface area contributed by atoms with Crippen LogP contribution >= 0.6 is 0 Å². The summed E-state index contributed by atoms with van der Waals surface area (Å²) < 4.78 is 16.1. The normalized spacial score (nSPS) is 17.9. The van der Waals surface area contributed by atoms with E-state index in [2.05, 4.69) is 21.7 Å². The van der Waals surface area contributed by atoms with Crippen LogP contribution < -0.4 is 0 Å². The molecule has 0 fully saturated rings. The van der Waals surface area contributed by atoms with Gasteiger partial charge in [0.2, 0.25) is 0 Å². The van der Waals surface area contributed by atoms with Gasteiger partial charge in [0.1, 0.15) is 11.6 Å². The first-order valence-electron chi connectivity index (χ1n) is 8.64. The topological polar surface area (TPSA) is 28.4 Å². The molecule has 4 rings (SSSR count). The lowest BCUT2D eigenvalue weighted by Gasteiger charge is -2.31. The standard InChI is InChI=1S/C21H21FN2O/c22-18-8-3-7-16(14-18)21-19-9-4-11-23(19)12-5-13-24(21)15-17-6-1-2-10-20(17)25/h1-4,6-11,14,21,25H,5,12-13,15H2. The third kappa shape index (κ3) is 3.17. The Balaban J connectivity index is 1.77. The van der Waals surface area contributed by atoms with Crippen molar-refractivity contribution in [3.05, 3.63) is 89.5 Å². The largest absolute Gasteiger partial charge is 0.508 e. The highest BCUT2D eigenvalue weighted by Crippen LogP contribution is 2.34. The van der Waals surface area contributed by atoms with Gasteiger partial charge in [-0.15, -0.1) is 0 Å². The van der Waals surface area contributed by atoms with E-state index < -0.39 is 0 Å². The summed E-state index contributed by atoms with van der Waals surface area (Å²) in [5, 5.41) is 10.2. The minimum atomic E-state index is -0.220. The molecule has 0 radical (unpaired) electrons. The van der Waals surface area contributed by atoms with Crippen LogP contribution in [0.15, 0.2) is 66.9 Å². The van der Waals surface area contributed by atoms with Crippen LogP contribution in [0, 0.1) is 5.82 Å². The zero-order chi connectivity index (χ0) is 17.2. The summed E-state index contributed by atoms with van der Waals surface area (Å²) >= 11 is 0. The number of halogens is 1. The summed E-state index contributed by atoms with van der Waals surface area (Å²) in [4.78, 5) is 2.32. The average Bonchev–Trinajstić information content (AvgIpc) is 2.98. The van der Waals surface area contributed by atoms with Gasteiger partial charge in [-0.25, -0.2) is 4.39 Å². The second kappa shape index (κ2) is 6.73. The first kappa shape index (κ1) is 15.9. The zero-order valence-electron chi connectivity index (χ0n) is 14.0. The summed E-state index contributed by atoms with van der Waals surface area (Å²) in [6, 6.07) is 18.4. The van der Waals surface area contributed by atoms with Gasteiger partial charge >= 0.3 is 0 Å². The van der Waals surface area contributed by atoms with Gasteiger partial charge in [-0.05, 0) is 42.3 Å². The van der Waals surface area contributed by atoms with E-state index in [-0.39, 0.29) is 11.9 Å². The van der Waals surface area contributed by atoms with Crippen LogP contribution in [0.25, 0.3) is 0 Å². The predicted octanol–water partition coefficient (Wildman–Crippen LogP) is 4.33. The first-order chi connectivity index (χ1) is 12.2. The van der Waals surface area contributed by atoms with E-state index in [4.69, 9.17) is 0 Å². The lowest BCUT2D eigenvalue weighted by molar-refractivity contribution is 0.217. The van der Waals surface area contributed by atoms with Gasteiger partial charge in [-0.2, -0.15) is 0 Å². The number of hydrogen-bond acceptors (Lipinski definition) is 2. The van der Waals surface area contributed by atoms with Crippen molar-refractivity contribution in [1.82, 2.24) is 9.47 Å². The van der Waals surface area contributed by atoms with Gasteiger partial charge < -0.3 is 9.67 Å². The number of rotatable bonds is 3. The molecule has 128 valence electrons. The van der Waals surface area contributed by atoms with Crippen molar-refractivity contribution >= 4 is 0 Å². The minimum absolute atomic E-state index is 0.0344. The number of aryl methyl sites for hydroxylation is 1. The third-order valence-corrected chi connectivity index (χ3v) is 4.88. The van der Waals surface area contributed by atoms with E-state index in [1.165, 1.54) is 11.8 Å². The molecule has 0 saturated heterocycles. The minimum Gasteiger partial charge on any atom is -0.508 e. The van der Waals surface area contributed by atoms with Crippen molar-refractivity contribution in [3.8, 4) is 5.75 Å². The van der Waals surface area contributed by atoms with Gasteiger partial charge in [0.15, 0.2) is 0 Å². The molecule has 1 N–H and O–H groups in total. The fourth-order valence-corrected chi connectivity index (χ4v) is 3.73. The van der Waals surface area contributed by atoms with Crippen LogP contribution in [0.5, 0.6) is 5.75 Å². The van der Waals surface area contributed by atoms with Crippen molar-refractivity contribution in [3.63, 3.8) is 0 Å². The molecule has 25 heavy (non-hydrogen) atoms. The molecule has 1 aliphatic heterocycles. The number of para-hydroxylation sites is 1. The van der Waals surface area contributed by atoms with Crippen LogP contribution in [-0.4, -0.2) is 21.1 Å². The molecule has 1 aliphatic rings. The number of hydrogen-bond donors (Lipinski definition) is 1. The van der Waals surface area contributed by atoms with Crippen molar-refractivity contribution in [2.75, 3.05) is 6.54 Å². The van der Waals surface area contributed by atoms with Crippen molar-refractivity contribution in [1.29, 1.82) is 0 Å². The molecule has 1 atom stereocenters. The lowest BCUT2D eigenvalue weighted by Crippen LogP contribution is -2.29. The monoisotopic (exact) mass is 336 g/mol. The van der Waals surface area contributed by atoms with Gasteiger partial charge in [-0.1, -0.05) is 30.3 Å². The zero-order valence-corrected chi connectivity index (χ0v) is 14.0. The second-order valence-corrected chi connectivity index (χ2v) is 6.54. The SMILES string of the molecule is Oc1ccccc1CN1CCCn2cccc2C1c1cccc(F)c1. The van der Waals surface area contributed by atoms with Crippen molar-refractivity contribution in [2.24, 2.45) is 0 Å². The smallest absolute Gasteiger partial charge is 0.123 e. The van der Waals surface area contributed by atoms with Crippen molar-refractivity contribution < 1.29 is 9.50 Å². The van der Waals surface area contributed by atoms with Crippen LogP contribution in [0.2, 0.25) is 0 Å². The number of aromatic hydroxyl groups is 1. The van der Waals surface area contributed by atoms with Crippen LogP contribution in [-0.2, 0) is 13.1 Å². The number of benzene rings is 2. The Morgan fingerprint density at radius 3 is 2.72 bits per heavy atom. The maximum Gasteiger partial charge on any atom is 0.123 e. The Bertz CT molecular complexity index is 874. The number of phenolic OH excluding ortho intramolecular Hbond substituents is 1. The molecule has 0 saturated carbocycles. The highest BCUT2D eigenvalue weighted by molar-refractivity contribution is 5.34. The molecule has 1 aromatic heterocycles. The maximum absolute atomic E-state index is 13.9. The summed E-state index contributed by atoms with van der Waals surface area (Å²) in [5.74, 6) is 0.0856. The van der Waals surface area contributed by atoms with E-state index in [1.807, 2.05) is 30.3 Å². The number of aromatic nitrogens is 1. The molecular weight excluding hydrogens is 315 g/mol. The molecule has 2 heterocycles. The van der Waals surface area contributed by atoms with Gasteiger partial charge in [0.05, 0.1) is 6.04 Å². The molecule has 0 amide bonds. The fraction of sp³-hybridized carbons (Fsp3) is 0.238. The average molecular weight is 336 g/mol. The van der Waals surface area contributed by atoms with Crippen LogP contribution in [0.4, 0.5) is 4.39 Å². The third-order valence-electron chi connectivity index (χ3n) is 4.88. The molecule has 4 heteroatoms. The molecule has 0 aliphatic carbocycles. The molecular formula is C21H21FN2O. The van der Waals surface area contributed by atoms with E-state index in [9.17, 15) is 9.50 Å². The molecule has 1 unspecified atom stereocenters. The molecule has 0 bridgehead atoms. The van der Waals surface area contributed by atoms with Gasteiger partial charge in [0, 0.05) is 37.1 Å². The molecule has 3 nitrogen and oxygen atoms in total. The lowest BCUT2D eigenvalue weighted by atomic mass is 10.0. The summed E-state index contributed by atoms with van der Waals surface area (Å²) in [5.41, 5.74) is 3.00. The highest BCUT2D eigenvalue weighted by Gasteiger charge is 2.28. The highest BCUT2D eigenvalue weighted by atomic mass is 19.1. The number of fused-ring (bicyclic) bond motifs is 1. The Labute approximate surface area is 147 Å². The molecule has 2 aromatic carbocycles. The van der Waals surface area contributed by atoms with Gasteiger partial charge in [-0.3, -0.25) is 4.90 Å². The first-order valence-corrected chi connectivity index (χ1v) is 8.64. The van der Waals surface area contributed by atoms with Crippen LogP contribution in [0.3, 0.4) is 0 Å². The summed E-state index contributed by atoms with van der Waals surface area (Å²) in [7, 11) is 0. The number of phenols is 1. The summed E-state index contributed by atoms with van der Waals surface area (Å²) in [6.45, 7) is 2.46. The van der Waals surface area contributed by atoms with Crippen LogP contribution in [0.1, 0.15) is 29.3 Å². The Kier molecular flexibility index (Phi) is 4.28. The molecule has 0 spiro atoms. The van der Waals surface area contributed by atoms with E-state index in [0.29, 0.717) is 12.3 Å². The maximum atomic E-state index is 13.9. The second-order valence-electron chi connectivity index (χ2n) is 6.54. The van der Waals surface area contributed by atoms with Gasteiger partial charge in [0.25, 0.3) is 0 Å². The Hall–Kier alpha value is -2.59. The fourth-order valence-electron chi connectivity index (χ4n) is 3.73. The van der Waals surface area contributed by atoms with E-state index in [1.54, 1.807) is 18.2 Å². The Morgan fingerprint density at radius 2 is 1.88 bits per heavy atom. The van der Waals surface area contributed by atoms with E-state index >= 15 is 0 Å². The van der Waals surface area contributed by atoms with Crippen molar-refractivity contribution in [2.45, 2.75) is 25.6 Å². The number of nitrogens with zero attached hydrogens (tertiary/aromatic N) is 2. The quantitative estimate of drug-likeness (QED) is 0.771.